The molecule has 4 rings (SSSR count). The number of Topliss-reactive ketones (excluding diaryl/α,β-unsaturated/α-hetero) is 1. The molecule has 9 nitrogen and oxygen atoms in total. The number of aryl methyl sites for hydroxylation is 2. The molecule has 2 aliphatic heterocycles. The normalized spacial score (nSPS) is 23.9. The second kappa shape index (κ2) is 10.8. The van der Waals surface area contributed by atoms with Crippen molar-refractivity contribution in [3.05, 3.63) is 40.6 Å². The topological polar surface area (TPSA) is 117 Å². The van der Waals surface area contributed by atoms with E-state index in [4.69, 9.17) is 14.2 Å². The number of hydrogen-bond acceptors (Lipinski definition) is 8. The van der Waals surface area contributed by atoms with Gasteiger partial charge in [-0.1, -0.05) is 23.8 Å². The van der Waals surface area contributed by atoms with E-state index in [0.717, 1.165) is 29.5 Å². The van der Waals surface area contributed by atoms with Crippen LogP contribution >= 0.6 is 0 Å². The molecule has 1 aromatic rings. The van der Waals surface area contributed by atoms with E-state index < -0.39 is 17.7 Å². The van der Waals surface area contributed by atoms with Gasteiger partial charge >= 0.3 is 12.1 Å². The van der Waals surface area contributed by atoms with Crippen LogP contribution < -0.4 is 5.32 Å². The molecule has 184 valence electrons. The molecule has 1 aliphatic carbocycles. The van der Waals surface area contributed by atoms with Gasteiger partial charge in [0, 0.05) is 7.11 Å². The number of amides is 1. The lowest BCUT2D eigenvalue weighted by molar-refractivity contribution is -0.138. The third-order valence-electron chi connectivity index (χ3n) is 6.21. The molecule has 1 spiro atoms. The number of carbonyl (C=O) groups excluding carboxylic acids is 4. The lowest BCUT2D eigenvalue weighted by Gasteiger charge is -2.37. The van der Waals surface area contributed by atoms with Crippen LogP contribution in [0.1, 0.15) is 55.7 Å². The third-order valence-corrected chi connectivity index (χ3v) is 6.21. The Kier molecular flexibility index (Phi) is 8.09. The molecule has 0 aromatic heterocycles. The zero-order valence-corrected chi connectivity index (χ0v) is 20.0. The summed E-state index contributed by atoms with van der Waals surface area (Å²) in [6.07, 6.45) is 2.22. The zero-order chi connectivity index (χ0) is 24.9. The first-order chi connectivity index (χ1) is 16.2. The van der Waals surface area contributed by atoms with E-state index in [1.54, 1.807) is 14.0 Å². The Morgan fingerprint density at radius 3 is 2.41 bits per heavy atom. The Bertz CT molecular complexity index is 990. The Morgan fingerprint density at radius 2 is 1.88 bits per heavy atom. The molecule has 1 amide bonds. The molecule has 1 saturated carbocycles. The van der Waals surface area contributed by atoms with Crippen LogP contribution in [-0.2, 0) is 33.3 Å². The minimum absolute atomic E-state index is 0.0150. The van der Waals surface area contributed by atoms with Crippen LogP contribution in [0.15, 0.2) is 24.0 Å². The van der Waals surface area contributed by atoms with Gasteiger partial charge in [0.2, 0.25) is 0 Å². The van der Waals surface area contributed by atoms with Crippen molar-refractivity contribution in [3.8, 4) is 0 Å². The predicted octanol–water partition coefficient (Wildman–Crippen LogP) is 3.15. The summed E-state index contributed by atoms with van der Waals surface area (Å²) >= 11 is 0. The van der Waals surface area contributed by atoms with Crippen LogP contribution in [0, 0.1) is 13.8 Å². The standard InChI is InChI=1S/C21H27NO5.C4H4O3/c1-5-26-20(24)27-18-17(16-12-13(2)6-7-14(16)3)19(23)22-21(18)10-8-15(25-4)9-11-21;5-3-1-4(6)7-2-3/h6-7,12,15H,5,8-11H2,1-4H3,(H,22,23);1-2H2/t15-,21+;. The molecule has 0 bridgehead atoms. The molecule has 0 radical (unpaired) electrons. The Labute approximate surface area is 198 Å². The highest BCUT2D eigenvalue weighted by atomic mass is 16.7. The van der Waals surface area contributed by atoms with E-state index in [2.05, 4.69) is 10.1 Å². The highest BCUT2D eigenvalue weighted by molar-refractivity contribution is 6.24. The number of cyclic esters (lactones) is 1. The molecular weight excluding hydrogens is 442 g/mol. The molecule has 1 aromatic carbocycles. The van der Waals surface area contributed by atoms with E-state index in [-0.39, 0.29) is 37.4 Å². The van der Waals surface area contributed by atoms with Crippen LogP contribution in [0.25, 0.3) is 5.57 Å². The fourth-order valence-corrected chi connectivity index (χ4v) is 4.40. The predicted molar refractivity (Wildman–Crippen MR) is 122 cm³/mol. The van der Waals surface area contributed by atoms with Crippen molar-refractivity contribution in [1.82, 2.24) is 5.32 Å². The largest absolute Gasteiger partial charge is 0.513 e. The van der Waals surface area contributed by atoms with E-state index in [1.807, 2.05) is 32.0 Å². The second-order valence-corrected chi connectivity index (χ2v) is 8.66. The van der Waals surface area contributed by atoms with E-state index >= 15 is 0 Å². The van der Waals surface area contributed by atoms with Crippen molar-refractivity contribution in [2.24, 2.45) is 0 Å². The zero-order valence-electron chi connectivity index (χ0n) is 20.0. The SMILES string of the molecule is CCOC(=O)OC1=C(c2cc(C)ccc2C)C(=O)N[C@]12CC[C@@H](OC)CC2.O=C1COC(=O)C1. The number of benzene rings is 1. The lowest BCUT2D eigenvalue weighted by atomic mass is 9.79. The highest BCUT2D eigenvalue weighted by Gasteiger charge is 2.50. The smallest absolute Gasteiger partial charge is 0.457 e. The van der Waals surface area contributed by atoms with Crippen molar-refractivity contribution in [2.45, 2.75) is 64.5 Å². The van der Waals surface area contributed by atoms with Gasteiger partial charge in [0.1, 0.15) is 12.2 Å². The van der Waals surface area contributed by atoms with Gasteiger partial charge in [0.15, 0.2) is 12.4 Å². The van der Waals surface area contributed by atoms with Gasteiger partial charge < -0.3 is 24.3 Å². The minimum Gasteiger partial charge on any atom is -0.457 e. The van der Waals surface area contributed by atoms with E-state index in [0.29, 0.717) is 24.2 Å². The number of methoxy groups -OCH3 is 1. The monoisotopic (exact) mass is 473 g/mol. The first kappa shape index (κ1) is 25.4. The summed E-state index contributed by atoms with van der Waals surface area (Å²) in [6.45, 7) is 5.84. The van der Waals surface area contributed by atoms with Crippen molar-refractivity contribution in [1.29, 1.82) is 0 Å². The molecule has 0 unspecified atom stereocenters. The van der Waals surface area contributed by atoms with Gasteiger partial charge in [0.05, 0.1) is 23.8 Å². The van der Waals surface area contributed by atoms with Gasteiger partial charge in [-0.25, -0.2) is 4.79 Å². The van der Waals surface area contributed by atoms with Crippen LogP contribution in [0.3, 0.4) is 0 Å². The van der Waals surface area contributed by atoms with Crippen LogP contribution in [0.2, 0.25) is 0 Å². The minimum atomic E-state index is -0.778. The molecular formula is C25H31NO8. The van der Waals surface area contributed by atoms with Crippen molar-refractivity contribution in [2.75, 3.05) is 20.3 Å². The van der Waals surface area contributed by atoms with Crippen molar-refractivity contribution >= 4 is 29.4 Å². The lowest BCUT2D eigenvalue weighted by Crippen LogP contribution is -2.49. The Morgan fingerprint density at radius 1 is 1.18 bits per heavy atom. The van der Waals surface area contributed by atoms with Gasteiger partial charge in [-0.15, -0.1) is 0 Å². The maximum atomic E-state index is 13.0. The number of carbonyl (C=O) groups is 4. The average Bonchev–Trinajstić information content (AvgIpc) is 3.30. The van der Waals surface area contributed by atoms with Gasteiger partial charge in [-0.2, -0.15) is 0 Å². The molecule has 1 N–H and O–H groups in total. The summed E-state index contributed by atoms with van der Waals surface area (Å²) < 4.78 is 20.4. The van der Waals surface area contributed by atoms with Crippen molar-refractivity contribution < 1.29 is 38.1 Å². The van der Waals surface area contributed by atoms with E-state index in [1.165, 1.54) is 0 Å². The highest BCUT2D eigenvalue weighted by Crippen LogP contribution is 2.44. The fraction of sp³-hybridized carbons (Fsp3) is 0.520. The molecule has 0 atom stereocenters. The number of esters is 1. The summed E-state index contributed by atoms with van der Waals surface area (Å²) in [5.74, 6) is -0.344. The summed E-state index contributed by atoms with van der Waals surface area (Å²) in [6, 6.07) is 5.93. The molecule has 2 fully saturated rings. The van der Waals surface area contributed by atoms with Crippen LogP contribution in [0.5, 0.6) is 0 Å². The summed E-state index contributed by atoms with van der Waals surface area (Å²) in [5, 5.41) is 3.11. The Hall–Kier alpha value is -3.20. The molecule has 1 saturated heterocycles. The fourth-order valence-electron chi connectivity index (χ4n) is 4.40. The first-order valence-corrected chi connectivity index (χ1v) is 11.4. The molecule has 3 aliphatic rings. The van der Waals surface area contributed by atoms with Gasteiger partial charge in [-0.05, 0) is 57.6 Å². The van der Waals surface area contributed by atoms with Crippen LogP contribution in [0.4, 0.5) is 4.79 Å². The summed E-state index contributed by atoms with van der Waals surface area (Å²) in [5.41, 5.74) is 2.52. The maximum Gasteiger partial charge on any atom is 0.513 e. The number of hydrogen-bond donors (Lipinski definition) is 1. The third kappa shape index (κ3) is 5.64. The quantitative estimate of drug-likeness (QED) is 0.524. The average molecular weight is 474 g/mol. The number of ether oxygens (including phenoxy) is 4. The van der Waals surface area contributed by atoms with Crippen molar-refractivity contribution in [3.63, 3.8) is 0 Å². The number of ketones is 1. The Balaban J connectivity index is 0.000000396. The molecule has 2 heterocycles. The molecule has 9 heteroatoms. The van der Waals surface area contributed by atoms with Gasteiger partial charge in [0.25, 0.3) is 5.91 Å². The van der Waals surface area contributed by atoms with Gasteiger partial charge in [-0.3, -0.25) is 14.4 Å². The number of nitrogens with one attached hydrogen (secondary N) is 1. The first-order valence-electron chi connectivity index (χ1n) is 11.4. The van der Waals surface area contributed by atoms with Crippen LogP contribution in [-0.4, -0.2) is 55.8 Å². The number of rotatable bonds is 4. The second-order valence-electron chi connectivity index (χ2n) is 8.66. The van der Waals surface area contributed by atoms with E-state index in [9.17, 15) is 19.2 Å². The summed E-state index contributed by atoms with van der Waals surface area (Å²) in [4.78, 5) is 45.2. The summed E-state index contributed by atoms with van der Waals surface area (Å²) in [7, 11) is 1.70. The molecule has 34 heavy (non-hydrogen) atoms. The maximum absolute atomic E-state index is 13.0.